The lowest BCUT2D eigenvalue weighted by atomic mass is 10.1. The number of rotatable bonds is 5. The Labute approximate surface area is 165 Å². The number of nitrogens with one attached hydrogen (secondary N) is 2. The molecule has 8 heteroatoms. The summed E-state index contributed by atoms with van der Waals surface area (Å²) in [7, 11) is 1.71. The minimum atomic E-state index is 0. The first-order valence-corrected chi connectivity index (χ1v) is 9.14. The van der Waals surface area contributed by atoms with Gasteiger partial charge in [0.1, 0.15) is 5.01 Å². The third-order valence-corrected chi connectivity index (χ3v) is 4.77. The molecular formula is C16H28IN5OS. The molecule has 1 amide bonds. The van der Waals surface area contributed by atoms with Crippen molar-refractivity contribution in [2.75, 3.05) is 26.7 Å². The summed E-state index contributed by atoms with van der Waals surface area (Å²) in [5.41, 5.74) is 1.12. The number of halogens is 1. The Kier molecular flexibility index (Phi) is 9.57. The number of aromatic nitrogens is 1. The van der Waals surface area contributed by atoms with E-state index < -0.39 is 0 Å². The fourth-order valence-electron chi connectivity index (χ4n) is 2.47. The van der Waals surface area contributed by atoms with Crippen LogP contribution < -0.4 is 10.6 Å². The van der Waals surface area contributed by atoms with E-state index in [2.05, 4.69) is 39.8 Å². The number of nitrogens with zero attached hydrogens (tertiary/aromatic N) is 3. The Morgan fingerprint density at radius 3 is 2.62 bits per heavy atom. The zero-order valence-corrected chi connectivity index (χ0v) is 17.8. The normalized spacial score (nSPS) is 15.2. The molecule has 1 aliphatic rings. The number of carbonyl (C=O) groups is 1. The molecule has 6 nitrogen and oxygen atoms in total. The second-order valence-electron chi connectivity index (χ2n) is 6.04. The second kappa shape index (κ2) is 10.9. The monoisotopic (exact) mass is 465 g/mol. The van der Waals surface area contributed by atoms with Crippen LogP contribution in [0.25, 0.3) is 0 Å². The van der Waals surface area contributed by atoms with Gasteiger partial charge >= 0.3 is 0 Å². The molecule has 1 saturated heterocycles. The molecule has 0 radical (unpaired) electrons. The molecule has 2 N–H and O–H groups in total. The lowest BCUT2D eigenvalue weighted by molar-refractivity contribution is -0.130. The van der Waals surface area contributed by atoms with Crippen molar-refractivity contribution in [1.82, 2.24) is 20.5 Å². The molecule has 0 aromatic carbocycles. The molecule has 0 unspecified atom stereocenters. The Hall–Kier alpha value is -0.900. The third-order valence-electron chi connectivity index (χ3n) is 3.91. The molecule has 1 fully saturated rings. The fraction of sp³-hybridized carbons (Fsp3) is 0.688. The summed E-state index contributed by atoms with van der Waals surface area (Å²) in [6.07, 6.45) is 3.45. The molecule has 0 spiro atoms. The zero-order valence-electron chi connectivity index (χ0n) is 14.7. The Balaban J connectivity index is 0.00000288. The third kappa shape index (κ3) is 6.54. The zero-order chi connectivity index (χ0) is 16.7. The highest BCUT2D eigenvalue weighted by Gasteiger charge is 2.16. The van der Waals surface area contributed by atoms with Gasteiger partial charge in [0.05, 0.1) is 18.8 Å². The summed E-state index contributed by atoms with van der Waals surface area (Å²) in [4.78, 5) is 22.8. The van der Waals surface area contributed by atoms with E-state index in [0.717, 1.165) is 36.6 Å². The summed E-state index contributed by atoms with van der Waals surface area (Å²) < 4.78 is 0. The fourth-order valence-corrected chi connectivity index (χ4v) is 3.36. The molecule has 0 atom stereocenters. The maximum Gasteiger partial charge on any atom is 0.241 e. The largest absolute Gasteiger partial charge is 0.350 e. The van der Waals surface area contributed by atoms with Crippen LogP contribution in [0.4, 0.5) is 0 Å². The molecule has 1 aliphatic heterocycles. The number of amides is 1. The van der Waals surface area contributed by atoms with Gasteiger partial charge in [-0.05, 0) is 25.2 Å². The maximum atomic E-state index is 12.1. The van der Waals surface area contributed by atoms with E-state index in [-0.39, 0.29) is 36.4 Å². The number of guanidine groups is 1. The Morgan fingerprint density at radius 2 is 2.04 bits per heavy atom. The molecule has 1 aromatic heterocycles. The lowest BCUT2D eigenvalue weighted by Gasteiger charge is -2.27. The number of aliphatic imine (C=N–C) groups is 1. The van der Waals surface area contributed by atoms with Crippen molar-refractivity contribution in [1.29, 1.82) is 0 Å². The van der Waals surface area contributed by atoms with E-state index in [1.165, 1.54) is 6.42 Å². The molecule has 0 bridgehead atoms. The summed E-state index contributed by atoms with van der Waals surface area (Å²) in [6.45, 7) is 6.94. The Bertz CT molecular complexity index is 540. The quantitative estimate of drug-likeness (QED) is 0.399. The van der Waals surface area contributed by atoms with Crippen molar-refractivity contribution in [2.24, 2.45) is 4.99 Å². The van der Waals surface area contributed by atoms with Gasteiger partial charge in [-0.1, -0.05) is 13.8 Å². The van der Waals surface area contributed by atoms with Crippen LogP contribution in [0.2, 0.25) is 0 Å². The van der Waals surface area contributed by atoms with Crippen molar-refractivity contribution in [3.8, 4) is 0 Å². The first-order valence-electron chi connectivity index (χ1n) is 8.26. The average molecular weight is 465 g/mol. The van der Waals surface area contributed by atoms with Gasteiger partial charge in [0.25, 0.3) is 0 Å². The van der Waals surface area contributed by atoms with Gasteiger partial charge in [-0.2, -0.15) is 0 Å². The molecular weight excluding hydrogens is 437 g/mol. The maximum absolute atomic E-state index is 12.1. The number of thiazole rings is 1. The predicted octanol–water partition coefficient (Wildman–Crippen LogP) is 2.56. The van der Waals surface area contributed by atoms with Gasteiger partial charge in [-0.15, -0.1) is 35.3 Å². The molecule has 24 heavy (non-hydrogen) atoms. The minimum Gasteiger partial charge on any atom is -0.350 e. The summed E-state index contributed by atoms with van der Waals surface area (Å²) in [6, 6.07) is 0. The van der Waals surface area contributed by atoms with Crippen LogP contribution in [0.15, 0.2) is 10.4 Å². The van der Waals surface area contributed by atoms with Crippen molar-refractivity contribution in [2.45, 2.75) is 45.6 Å². The summed E-state index contributed by atoms with van der Waals surface area (Å²) in [5.74, 6) is 1.22. The molecule has 136 valence electrons. The van der Waals surface area contributed by atoms with Gasteiger partial charge in [0, 0.05) is 25.5 Å². The lowest BCUT2D eigenvalue weighted by Crippen LogP contribution is -2.45. The summed E-state index contributed by atoms with van der Waals surface area (Å²) >= 11 is 1.65. The SMILES string of the molecule is CN=C(NCC(=O)N1CCCCC1)NCc1nc(C(C)C)cs1.I. The molecule has 1 aromatic rings. The second-order valence-corrected chi connectivity index (χ2v) is 6.98. The minimum absolute atomic E-state index is 0. The van der Waals surface area contributed by atoms with E-state index in [1.807, 2.05) is 4.90 Å². The van der Waals surface area contributed by atoms with E-state index in [1.54, 1.807) is 18.4 Å². The number of likely N-dealkylation sites (tertiary alicyclic amines) is 1. The van der Waals surface area contributed by atoms with Gasteiger partial charge in [0.15, 0.2) is 5.96 Å². The van der Waals surface area contributed by atoms with E-state index in [9.17, 15) is 4.79 Å². The average Bonchev–Trinajstić information content (AvgIpc) is 3.05. The van der Waals surface area contributed by atoms with E-state index in [4.69, 9.17) is 0 Å². The van der Waals surface area contributed by atoms with Crippen molar-refractivity contribution >= 4 is 47.2 Å². The topological polar surface area (TPSA) is 69.6 Å². The van der Waals surface area contributed by atoms with Crippen molar-refractivity contribution in [3.05, 3.63) is 16.1 Å². The first kappa shape index (κ1) is 21.1. The molecule has 0 saturated carbocycles. The van der Waals surface area contributed by atoms with Crippen LogP contribution >= 0.6 is 35.3 Å². The van der Waals surface area contributed by atoms with Crippen LogP contribution in [0.3, 0.4) is 0 Å². The molecule has 2 heterocycles. The number of hydrogen-bond acceptors (Lipinski definition) is 4. The first-order chi connectivity index (χ1) is 11.1. The number of hydrogen-bond donors (Lipinski definition) is 2. The highest BCUT2D eigenvalue weighted by Crippen LogP contribution is 2.17. The standard InChI is InChI=1S/C16H27N5OS.HI/c1-12(2)13-11-23-14(20-13)9-18-16(17-3)19-10-15(22)21-7-5-4-6-8-21;/h11-12H,4-10H2,1-3H3,(H2,17,18,19);1H. The van der Waals surface area contributed by atoms with E-state index >= 15 is 0 Å². The van der Waals surface area contributed by atoms with Crippen LogP contribution in [0.5, 0.6) is 0 Å². The van der Waals surface area contributed by atoms with Crippen LogP contribution in [-0.2, 0) is 11.3 Å². The van der Waals surface area contributed by atoms with Gasteiger partial charge in [-0.3, -0.25) is 9.79 Å². The highest BCUT2D eigenvalue weighted by molar-refractivity contribution is 14.0. The van der Waals surface area contributed by atoms with Crippen LogP contribution in [0.1, 0.15) is 49.7 Å². The van der Waals surface area contributed by atoms with Crippen LogP contribution in [0, 0.1) is 0 Å². The number of carbonyl (C=O) groups excluding carboxylic acids is 1. The van der Waals surface area contributed by atoms with E-state index in [0.29, 0.717) is 18.4 Å². The van der Waals surface area contributed by atoms with Crippen molar-refractivity contribution < 1.29 is 4.79 Å². The van der Waals surface area contributed by atoms with Gasteiger partial charge in [-0.25, -0.2) is 4.98 Å². The smallest absolute Gasteiger partial charge is 0.241 e. The highest BCUT2D eigenvalue weighted by atomic mass is 127. The van der Waals surface area contributed by atoms with Crippen molar-refractivity contribution in [3.63, 3.8) is 0 Å². The Morgan fingerprint density at radius 1 is 1.33 bits per heavy atom. The van der Waals surface area contributed by atoms with Crippen LogP contribution in [-0.4, -0.2) is 48.4 Å². The van der Waals surface area contributed by atoms with Gasteiger partial charge < -0.3 is 15.5 Å². The molecule has 0 aliphatic carbocycles. The van der Waals surface area contributed by atoms with Gasteiger partial charge in [0.2, 0.25) is 5.91 Å². The molecule has 2 rings (SSSR count). The predicted molar refractivity (Wildman–Crippen MR) is 110 cm³/mol. The summed E-state index contributed by atoms with van der Waals surface area (Å²) in [5, 5.41) is 9.43. The number of piperidine rings is 1.